The second-order valence-corrected chi connectivity index (χ2v) is 8.56. The molecule has 1 aliphatic rings. The first-order valence-corrected chi connectivity index (χ1v) is 11.0. The fourth-order valence-electron chi connectivity index (χ4n) is 4.44. The molecule has 3 N–H and O–H groups in total. The number of aromatic amines is 2. The van der Waals surface area contributed by atoms with Crippen LogP contribution >= 0.6 is 0 Å². The third-order valence-electron chi connectivity index (χ3n) is 6.28. The summed E-state index contributed by atoms with van der Waals surface area (Å²) in [6, 6.07) is 12.3. The minimum absolute atomic E-state index is 0.152. The number of aromatic nitrogens is 3. The van der Waals surface area contributed by atoms with Crippen molar-refractivity contribution in [2.75, 3.05) is 43.4 Å². The number of nitrogens with zero attached hydrogens (tertiary/aromatic N) is 3. The Morgan fingerprint density at radius 1 is 1.00 bits per heavy atom. The summed E-state index contributed by atoms with van der Waals surface area (Å²) in [6.45, 7) is 8.31. The molecule has 1 aromatic carbocycles. The highest BCUT2D eigenvalue weighted by Gasteiger charge is 2.16. The highest BCUT2D eigenvalue weighted by atomic mass is 16.1. The first-order valence-electron chi connectivity index (χ1n) is 11.0. The van der Waals surface area contributed by atoms with Crippen LogP contribution in [0, 0.1) is 13.8 Å². The summed E-state index contributed by atoms with van der Waals surface area (Å²) < 4.78 is 0. The minimum atomic E-state index is -0.152. The van der Waals surface area contributed by atoms with Crippen LogP contribution in [0.4, 0.5) is 17.2 Å². The molecule has 32 heavy (non-hydrogen) atoms. The maximum absolute atomic E-state index is 12.7. The van der Waals surface area contributed by atoms with Gasteiger partial charge in [-0.2, -0.15) is 0 Å². The number of H-pyrrole nitrogens is 2. The Labute approximate surface area is 187 Å². The zero-order chi connectivity index (χ0) is 22.2. The molecular formula is C25H28N6O. The normalized spacial score (nSPS) is 14.8. The van der Waals surface area contributed by atoms with E-state index in [2.05, 4.69) is 63.3 Å². The Kier molecular flexibility index (Phi) is 5.19. The number of nitrogens with one attached hydrogen (secondary N) is 3. The van der Waals surface area contributed by atoms with E-state index in [-0.39, 0.29) is 5.56 Å². The van der Waals surface area contributed by atoms with Gasteiger partial charge in [0, 0.05) is 61.2 Å². The predicted molar refractivity (Wildman–Crippen MR) is 131 cm³/mol. The van der Waals surface area contributed by atoms with Gasteiger partial charge in [0.05, 0.1) is 11.1 Å². The van der Waals surface area contributed by atoms with Gasteiger partial charge in [-0.3, -0.25) is 4.79 Å². The number of hydrogen-bond donors (Lipinski definition) is 3. The molecule has 0 unspecified atom stereocenters. The van der Waals surface area contributed by atoms with Crippen molar-refractivity contribution >= 4 is 28.0 Å². The molecule has 0 saturated carbocycles. The lowest BCUT2D eigenvalue weighted by molar-refractivity contribution is 0.313. The van der Waals surface area contributed by atoms with Gasteiger partial charge in [-0.1, -0.05) is 0 Å². The summed E-state index contributed by atoms with van der Waals surface area (Å²) >= 11 is 0. The number of benzene rings is 1. The van der Waals surface area contributed by atoms with E-state index in [1.807, 2.05) is 25.3 Å². The number of fused-ring (bicyclic) bond motifs is 1. The molecule has 4 heterocycles. The molecule has 0 atom stereocenters. The lowest BCUT2D eigenvalue weighted by Crippen LogP contribution is -2.44. The molecule has 1 fully saturated rings. The summed E-state index contributed by atoms with van der Waals surface area (Å²) in [5.74, 6) is 0.562. The largest absolute Gasteiger partial charge is 0.369 e. The fraction of sp³-hybridized carbons (Fsp3) is 0.280. The van der Waals surface area contributed by atoms with Crippen LogP contribution in [0.1, 0.15) is 11.3 Å². The molecule has 0 aliphatic carbocycles. The third kappa shape index (κ3) is 3.76. The molecule has 0 spiro atoms. The van der Waals surface area contributed by atoms with E-state index in [1.165, 1.54) is 5.69 Å². The Morgan fingerprint density at radius 2 is 1.75 bits per heavy atom. The SMILES string of the molecule is Cc1c[nH]c(C)c1-c1cc2cc[nH]c(=O)c2c(Nc2ccc(N3CCN(C)CC3)cc2)n1. The van der Waals surface area contributed by atoms with Crippen molar-refractivity contribution in [3.8, 4) is 11.3 Å². The molecular weight excluding hydrogens is 400 g/mol. The van der Waals surface area contributed by atoms with Gasteiger partial charge in [0.1, 0.15) is 5.82 Å². The molecule has 3 aromatic heterocycles. The lowest BCUT2D eigenvalue weighted by Gasteiger charge is -2.34. The standard InChI is InChI=1S/C25H28N6O/c1-16-15-27-17(2)22(16)21-14-18-8-9-26-25(32)23(18)24(29-21)28-19-4-6-20(7-5-19)31-12-10-30(3)11-13-31/h4-9,14-15,27H,10-13H2,1-3H3,(H,26,32)(H,28,29). The van der Waals surface area contributed by atoms with Gasteiger partial charge in [-0.05, 0) is 68.2 Å². The van der Waals surface area contributed by atoms with Crippen molar-refractivity contribution in [2.24, 2.45) is 0 Å². The molecule has 0 amide bonds. The van der Waals surface area contributed by atoms with Crippen molar-refractivity contribution in [3.05, 3.63) is 70.4 Å². The van der Waals surface area contributed by atoms with E-state index in [1.54, 1.807) is 6.20 Å². The second-order valence-electron chi connectivity index (χ2n) is 8.56. The molecule has 0 radical (unpaired) electrons. The van der Waals surface area contributed by atoms with Crippen LogP contribution < -0.4 is 15.8 Å². The first-order chi connectivity index (χ1) is 15.5. The van der Waals surface area contributed by atoms with Crippen molar-refractivity contribution < 1.29 is 0 Å². The smallest absolute Gasteiger partial charge is 0.259 e. The Balaban J connectivity index is 1.51. The van der Waals surface area contributed by atoms with E-state index in [0.717, 1.165) is 59.8 Å². The third-order valence-corrected chi connectivity index (χ3v) is 6.28. The van der Waals surface area contributed by atoms with Crippen molar-refractivity contribution in [1.82, 2.24) is 19.9 Å². The Hall–Kier alpha value is -3.58. The average Bonchev–Trinajstić information content (AvgIpc) is 3.13. The van der Waals surface area contributed by atoms with Gasteiger partial charge < -0.3 is 25.1 Å². The summed E-state index contributed by atoms with van der Waals surface area (Å²) in [5, 5.41) is 4.82. The number of rotatable bonds is 4. The molecule has 5 rings (SSSR count). The van der Waals surface area contributed by atoms with Gasteiger partial charge in [0.15, 0.2) is 0 Å². The zero-order valence-corrected chi connectivity index (χ0v) is 18.7. The van der Waals surface area contributed by atoms with Crippen molar-refractivity contribution in [1.29, 1.82) is 0 Å². The number of piperazine rings is 1. The van der Waals surface area contributed by atoms with Crippen LogP contribution in [0.3, 0.4) is 0 Å². The molecule has 7 nitrogen and oxygen atoms in total. The summed E-state index contributed by atoms with van der Waals surface area (Å²) in [4.78, 5) is 28.3. The number of aryl methyl sites for hydroxylation is 2. The molecule has 164 valence electrons. The van der Waals surface area contributed by atoms with Crippen LogP contribution in [0.2, 0.25) is 0 Å². The van der Waals surface area contributed by atoms with E-state index >= 15 is 0 Å². The maximum Gasteiger partial charge on any atom is 0.259 e. The predicted octanol–water partition coefficient (Wildman–Crippen LogP) is 4.03. The lowest BCUT2D eigenvalue weighted by atomic mass is 10.1. The van der Waals surface area contributed by atoms with E-state index < -0.39 is 0 Å². The molecule has 7 heteroatoms. The van der Waals surface area contributed by atoms with Crippen LogP contribution in [-0.2, 0) is 0 Å². The summed E-state index contributed by atoms with van der Waals surface area (Å²) in [7, 11) is 2.16. The van der Waals surface area contributed by atoms with Crippen molar-refractivity contribution in [2.45, 2.75) is 13.8 Å². The van der Waals surface area contributed by atoms with Crippen LogP contribution in [0.15, 0.2) is 53.6 Å². The van der Waals surface area contributed by atoms with Crippen LogP contribution in [0.5, 0.6) is 0 Å². The highest BCUT2D eigenvalue weighted by molar-refractivity contribution is 5.95. The Morgan fingerprint density at radius 3 is 2.44 bits per heavy atom. The summed E-state index contributed by atoms with van der Waals surface area (Å²) in [6.07, 6.45) is 3.67. The van der Waals surface area contributed by atoms with Gasteiger partial charge in [-0.15, -0.1) is 0 Å². The monoisotopic (exact) mass is 428 g/mol. The van der Waals surface area contributed by atoms with Crippen LogP contribution in [0.25, 0.3) is 22.0 Å². The zero-order valence-electron chi connectivity index (χ0n) is 18.7. The van der Waals surface area contributed by atoms with Gasteiger partial charge in [0.25, 0.3) is 5.56 Å². The van der Waals surface area contributed by atoms with Crippen molar-refractivity contribution in [3.63, 3.8) is 0 Å². The van der Waals surface area contributed by atoms with E-state index in [4.69, 9.17) is 4.98 Å². The van der Waals surface area contributed by atoms with Crippen LogP contribution in [-0.4, -0.2) is 53.1 Å². The van der Waals surface area contributed by atoms with Gasteiger partial charge in [0.2, 0.25) is 0 Å². The maximum atomic E-state index is 12.7. The molecule has 1 aliphatic heterocycles. The number of hydrogen-bond acceptors (Lipinski definition) is 5. The number of anilines is 3. The molecule has 1 saturated heterocycles. The Bertz CT molecular complexity index is 1290. The molecule has 4 aromatic rings. The molecule has 0 bridgehead atoms. The number of pyridine rings is 2. The first kappa shape index (κ1) is 20.3. The minimum Gasteiger partial charge on any atom is -0.369 e. The summed E-state index contributed by atoms with van der Waals surface area (Å²) in [5.41, 5.74) is 6.06. The number of likely N-dealkylation sites (N-methyl/N-ethyl adjacent to an activating group) is 1. The average molecular weight is 429 g/mol. The quantitative estimate of drug-likeness (QED) is 0.457. The van der Waals surface area contributed by atoms with Gasteiger partial charge >= 0.3 is 0 Å². The van der Waals surface area contributed by atoms with E-state index in [0.29, 0.717) is 11.2 Å². The van der Waals surface area contributed by atoms with Gasteiger partial charge in [-0.25, -0.2) is 4.98 Å². The highest BCUT2D eigenvalue weighted by Crippen LogP contribution is 2.31. The topological polar surface area (TPSA) is 80.0 Å². The van der Waals surface area contributed by atoms with E-state index in [9.17, 15) is 4.79 Å². The second kappa shape index (κ2) is 8.16. The fourth-order valence-corrected chi connectivity index (χ4v) is 4.44.